The molecule has 11 heteroatoms. The predicted octanol–water partition coefficient (Wildman–Crippen LogP) is 2.14. The number of amides is 1. The van der Waals surface area contributed by atoms with E-state index in [2.05, 4.69) is 19.9 Å². The highest BCUT2D eigenvalue weighted by molar-refractivity contribution is 7.89. The molecule has 8 nitrogen and oxygen atoms in total. The molecule has 1 fully saturated rings. The quantitative estimate of drug-likeness (QED) is 0.584. The van der Waals surface area contributed by atoms with Gasteiger partial charge in [0, 0.05) is 43.3 Å². The number of carbonyl (C=O) groups is 1. The second-order valence-corrected chi connectivity index (χ2v) is 9.70. The normalized spacial score (nSPS) is 15.9. The number of aromatic nitrogens is 2. The van der Waals surface area contributed by atoms with Crippen molar-refractivity contribution in [1.29, 1.82) is 0 Å². The molecule has 2 aromatic rings. The number of carbonyl (C=O) groups excluding carboxylic acids is 1. The first-order valence-electron chi connectivity index (χ1n) is 10.1. The molecule has 2 N–H and O–H groups in total. The molecule has 1 atom stereocenters. The van der Waals surface area contributed by atoms with Crippen LogP contribution in [0, 0.1) is 12.7 Å². The third kappa shape index (κ3) is 5.82. The molecule has 1 aromatic carbocycles. The summed E-state index contributed by atoms with van der Waals surface area (Å²) in [5.74, 6) is -0.175. The molecule has 0 radical (unpaired) electrons. The summed E-state index contributed by atoms with van der Waals surface area (Å²) in [5.41, 5.74) is 0.373. The summed E-state index contributed by atoms with van der Waals surface area (Å²) in [6, 6.07) is 4.17. The van der Waals surface area contributed by atoms with Crippen LogP contribution in [0.25, 0.3) is 0 Å². The van der Waals surface area contributed by atoms with Gasteiger partial charge in [-0.15, -0.1) is 0 Å². The lowest BCUT2D eigenvalue weighted by Gasteiger charge is -2.29. The summed E-state index contributed by atoms with van der Waals surface area (Å²) in [5, 5.41) is 3.03. The topological polar surface area (TPSA) is 96.3 Å². The van der Waals surface area contributed by atoms with E-state index in [1.54, 1.807) is 30.7 Å². The van der Waals surface area contributed by atoms with Crippen LogP contribution < -0.4 is 10.0 Å². The van der Waals surface area contributed by atoms with Crippen LogP contribution in [0.2, 0.25) is 5.02 Å². The molecule has 1 saturated heterocycles. The van der Waals surface area contributed by atoms with Crippen LogP contribution in [-0.2, 0) is 21.9 Å². The minimum Gasteiger partial charge on any atom is -0.354 e. The number of benzene rings is 1. The van der Waals surface area contributed by atoms with Crippen molar-refractivity contribution in [3.8, 4) is 0 Å². The van der Waals surface area contributed by atoms with E-state index in [1.165, 1.54) is 12.3 Å². The van der Waals surface area contributed by atoms with Gasteiger partial charge < -0.3 is 9.88 Å². The fourth-order valence-electron chi connectivity index (χ4n) is 3.62. The molecule has 3 rings (SSSR count). The van der Waals surface area contributed by atoms with Crippen LogP contribution in [0.15, 0.2) is 29.4 Å². The Morgan fingerprint density at radius 3 is 2.65 bits per heavy atom. The number of sulfonamides is 1. The van der Waals surface area contributed by atoms with E-state index in [0.717, 1.165) is 25.9 Å². The van der Waals surface area contributed by atoms with Crippen molar-refractivity contribution in [3.05, 3.63) is 46.6 Å². The average Bonchev–Trinajstić information content (AvgIpc) is 3.34. The fraction of sp³-hybridized carbons (Fsp3) is 0.500. The number of imidazole rings is 1. The molecule has 0 saturated carbocycles. The largest absolute Gasteiger partial charge is 0.354 e. The molecule has 31 heavy (non-hydrogen) atoms. The fourth-order valence-corrected chi connectivity index (χ4v) is 4.98. The molecule has 0 aliphatic carbocycles. The molecule has 0 bridgehead atoms. The van der Waals surface area contributed by atoms with Gasteiger partial charge in [-0.05, 0) is 45.0 Å². The smallest absolute Gasteiger partial charge is 0.259 e. The Balaban J connectivity index is 1.57. The lowest BCUT2D eigenvalue weighted by molar-refractivity contribution is -0.121. The zero-order valence-electron chi connectivity index (χ0n) is 17.6. The second-order valence-electron chi connectivity index (χ2n) is 7.58. The molecule has 1 amide bonds. The van der Waals surface area contributed by atoms with Crippen LogP contribution >= 0.6 is 11.6 Å². The summed E-state index contributed by atoms with van der Waals surface area (Å²) in [6.45, 7) is 3.42. The zero-order valence-corrected chi connectivity index (χ0v) is 19.1. The van der Waals surface area contributed by atoms with Crippen molar-refractivity contribution in [1.82, 2.24) is 24.5 Å². The number of aryl methyl sites for hydroxylation is 2. The first kappa shape index (κ1) is 23.6. The van der Waals surface area contributed by atoms with Crippen LogP contribution in [-0.4, -0.2) is 55.0 Å². The van der Waals surface area contributed by atoms with Gasteiger partial charge in [0.05, 0.1) is 6.04 Å². The van der Waals surface area contributed by atoms with Gasteiger partial charge in [-0.3, -0.25) is 9.69 Å². The van der Waals surface area contributed by atoms with Gasteiger partial charge >= 0.3 is 0 Å². The lowest BCUT2D eigenvalue weighted by atomic mass is 10.0. The number of hydrogen-bond acceptors (Lipinski definition) is 5. The van der Waals surface area contributed by atoms with E-state index in [9.17, 15) is 17.6 Å². The highest BCUT2D eigenvalue weighted by atomic mass is 35.5. The van der Waals surface area contributed by atoms with E-state index >= 15 is 0 Å². The zero-order chi connectivity index (χ0) is 22.6. The second kappa shape index (κ2) is 10.1. The molecule has 1 aliphatic heterocycles. The monoisotopic (exact) mass is 471 g/mol. The van der Waals surface area contributed by atoms with Crippen LogP contribution in [0.1, 0.15) is 36.7 Å². The maximum atomic E-state index is 14.5. The number of likely N-dealkylation sites (tertiary alicyclic amines) is 1. The van der Waals surface area contributed by atoms with Gasteiger partial charge in [0.25, 0.3) is 10.0 Å². The van der Waals surface area contributed by atoms with E-state index in [-0.39, 0.29) is 36.5 Å². The molecule has 170 valence electrons. The van der Waals surface area contributed by atoms with Crippen LogP contribution in [0.5, 0.6) is 0 Å². The summed E-state index contributed by atoms with van der Waals surface area (Å²) in [6.07, 6.45) is 3.37. The molecule has 1 unspecified atom stereocenters. The van der Waals surface area contributed by atoms with Gasteiger partial charge in [0.1, 0.15) is 11.6 Å². The van der Waals surface area contributed by atoms with Crippen molar-refractivity contribution in [2.24, 2.45) is 7.05 Å². The minimum atomic E-state index is -3.79. The number of nitrogens with one attached hydrogen (secondary N) is 2. The predicted molar refractivity (Wildman–Crippen MR) is 116 cm³/mol. The Labute approximate surface area is 186 Å². The summed E-state index contributed by atoms with van der Waals surface area (Å²) in [7, 11) is -2.09. The average molecular weight is 472 g/mol. The Kier molecular flexibility index (Phi) is 7.68. The Morgan fingerprint density at radius 2 is 2.03 bits per heavy atom. The first-order valence-corrected chi connectivity index (χ1v) is 12.0. The lowest BCUT2D eigenvalue weighted by Crippen LogP contribution is -2.38. The van der Waals surface area contributed by atoms with E-state index in [0.29, 0.717) is 16.4 Å². The molecule has 1 aromatic heterocycles. The van der Waals surface area contributed by atoms with E-state index in [4.69, 9.17) is 11.6 Å². The van der Waals surface area contributed by atoms with E-state index < -0.39 is 15.8 Å². The Hall–Kier alpha value is -2.01. The van der Waals surface area contributed by atoms with Gasteiger partial charge in [-0.2, -0.15) is 0 Å². The van der Waals surface area contributed by atoms with Crippen molar-refractivity contribution in [3.63, 3.8) is 0 Å². The van der Waals surface area contributed by atoms with Gasteiger partial charge in [-0.25, -0.2) is 22.5 Å². The Bertz CT molecular complexity index is 998. The van der Waals surface area contributed by atoms with Gasteiger partial charge in [0.15, 0.2) is 5.03 Å². The number of rotatable bonds is 9. The summed E-state index contributed by atoms with van der Waals surface area (Å²) >= 11 is 6.26. The van der Waals surface area contributed by atoms with E-state index in [1.807, 2.05) is 0 Å². The third-order valence-electron chi connectivity index (χ3n) is 5.41. The van der Waals surface area contributed by atoms with Gasteiger partial charge in [-0.1, -0.05) is 17.7 Å². The van der Waals surface area contributed by atoms with Crippen LogP contribution in [0.3, 0.4) is 0 Å². The summed E-state index contributed by atoms with van der Waals surface area (Å²) in [4.78, 5) is 18.4. The number of nitrogens with zero attached hydrogens (tertiary/aromatic N) is 3. The number of hydrogen-bond donors (Lipinski definition) is 2. The van der Waals surface area contributed by atoms with Gasteiger partial charge in [0.2, 0.25) is 5.91 Å². The van der Waals surface area contributed by atoms with Crippen molar-refractivity contribution in [2.75, 3.05) is 26.2 Å². The third-order valence-corrected chi connectivity index (χ3v) is 7.07. The maximum Gasteiger partial charge on any atom is 0.259 e. The molecule has 0 spiro atoms. The van der Waals surface area contributed by atoms with Crippen molar-refractivity contribution in [2.45, 2.75) is 37.3 Å². The highest BCUT2D eigenvalue weighted by Gasteiger charge is 2.28. The first-order chi connectivity index (χ1) is 14.7. The summed E-state index contributed by atoms with van der Waals surface area (Å²) < 4.78 is 43.1. The SMILES string of the molecule is Cc1nc(S(=O)(=O)NCCC(=O)NCC(c2c(F)cccc2Cl)N2CCCC2)cn1C. The molecular formula is C20H27ClFN5O3S. The molecule has 1 aliphatic rings. The van der Waals surface area contributed by atoms with Crippen molar-refractivity contribution < 1.29 is 17.6 Å². The standard InChI is InChI=1S/C20H27ClFN5O3S/c1-14-25-19(13-26(14)2)31(29,30)24-9-8-18(28)23-12-17(27-10-3-4-11-27)20-15(21)6-5-7-16(20)22/h5-7,13,17,24H,3-4,8-12H2,1-2H3,(H,23,28). The number of halogens is 2. The van der Waals surface area contributed by atoms with Crippen LogP contribution in [0.4, 0.5) is 4.39 Å². The van der Waals surface area contributed by atoms with Crippen molar-refractivity contribution >= 4 is 27.5 Å². The molecular weight excluding hydrogens is 445 g/mol. The Morgan fingerprint density at radius 1 is 1.32 bits per heavy atom. The highest BCUT2D eigenvalue weighted by Crippen LogP contribution is 2.31. The molecule has 2 heterocycles. The maximum absolute atomic E-state index is 14.5. The minimum absolute atomic E-state index is 0.0528.